The first-order valence-corrected chi connectivity index (χ1v) is 4.88. The highest BCUT2D eigenvalue weighted by Gasteiger charge is 2.21. The van der Waals surface area contributed by atoms with Crippen LogP contribution < -0.4 is 10.1 Å². The SMILES string of the molecule is CCOc1ccccc1NC1CC1. The van der Waals surface area contributed by atoms with Crippen LogP contribution in [-0.2, 0) is 0 Å². The molecule has 0 amide bonds. The molecule has 1 aromatic rings. The lowest BCUT2D eigenvalue weighted by Crippen LogP contribution is -2.03. The summed E-state index contributed by atoms with van der Waals surface area (Å²) in [5, 5.41) is 3.44. The van der Waals surface area contributed by atoms with Gasteiger partial charge in [0, 0.05) is 6.04 Å². The van der Waals surface area contributed by atoms with Crippen LogP contribution in [0.25, 0.3) is 0 Å². The Kier molecular flexibility index (Phi) is 2.39. The van der Waals surface area contributed by atoms with E-state index in [-0.39, 0.29) is 0 Å². The summed E-state index contributed by atoms with van der Waals surface area (Å²) < 4.78 is 5.50. The van der Waals surface area contributed by atoms with Crippen LogP contribution >= 0.6 is 0 Å². The molecule has 0 unspecified atom stereocenters. The summed E-state index contributed by atoms with van der Waals surface area (Å²) in [5.74, 6) is 0.969. The van der Waals surface area contributed by atoms with E-state index in [1.165, 1.54) is 12.8 Å². The van der Waals surface area contributed by atoms with Crippen LogP contribution in [0.4, 0.5) is 5.69 Å². The lowest BCUT2D eigenvalue weighted by molar-refractivity contribution is 0.341. The van der Waals surface area contributed by atoms with Crippen LogP contribution in [0, 0.1) is 0 Å². The van der Waals surface area contributed by atoms with E-state index in [0.717, 1.165) is 18.0 Å². The molecule has 70 valence electrons. The van der Waals surface area contributed by atoms with E-state index in [0.29, 0.717) is 6.04 Å². The van der Waals surface area contributed by atoms with Gasteiger partial charge in [0.05, 0.1) is 12.3 Å². The number of anilines is 1. The third-order valence-electron chi connectivity index (χ3n) is 2.12. The van der Waals surface area contributed by atoms with Crippen molar-refractivity contribution in [1.82, 2.24) is 0 Å². The molecular weight excluding hydrogens is 162 g/mol. The second kappa shape index (κ2) is 3.69. The third kappa shape index (κ3) is 2.14. The number of rotatable bonds is 4. The molecule has 2 nitrogen and oxygen atoms in total. The maximum absolute atomic E-state index is 5.50. The molecule has 0 aliphatic heterocycles. The number of hydrogen-bond acceptors (Lipinski definition) is 2. The maximum atomic E-state index is 5.50. The van der Waals surface area contributed by atoms with Gasteiger partial charge in [-0.1, -0.05) is 12.1 Å². The van der Waals surface area contributed by atoms with E-state index in [4.69, 9.17) is 4.74 Å². The molecule has 0 atom stereocenters. The smallest absolute Gasteiger partial charge is 0.142 e. The van der Waals surface area contributed by atoms with Gasteiger partial charge < -0.3 is 10.1 Å². The molecule has 2 rings (SSSR count). The van der Waals surface area contributed by atoms with Gasteiger partial charge in [-0.15, -0.1) is 0 Å². The average molecular weight is 177 g/mol. The quantitative estimate of drug-likeness (QED) is 0.763. The van der Waals surface area contributed by atoms with E-state index < -0.39 is 0 Å². The van der Waals surface area contributed by atoms with Crippen molar-refractivity contribution in [1.29, 1.82) is 0 Å². The molecule has 1 aromatic carbocycles. The van der Waals surface area contributed by atoms with Crippen molar-refractivity contribution >= 4 is 5.69 Å². The van der Waals surface area contributed by atoms with Crippen molar-refractivity contribution in [3.63, 3.8) is 0 Å². The van der Waals surface area contributed by atoms with Crippen molar-refractivity contribution in [2.24, 2.45) is 0 Å². The van der Waals surface area contributed by atoms with Crippen LogP contribution in [0.5, 0.6) is 5.75 Å². The van der Waals surface area contributed by atoms with Gasteiger partial charge in [-0.05, 0) is 31.9 Å². The van der Waals surface area contributed by atoms with Gasteiger partial charge >= 0.3 is 0 Å². The topological polar surface area (TPSA) is 21.3 Å². The summed E-state index contributed by atoms with van der Waals surface area (Å²) in [6.07, 6.45) is 2.58. The van der Waals surface area contributed by atoms with Crippen LogP contribution in [0.3, 0.4) is 0 Å². The van der Waals surface area contributed by atoms with Gasteiger partial charge in [-0.3, -0.25) is 0 Å². The minimum Gasteiger partial charge on any atom is -0.492 e. The lowest BCUT2D eigenvalue weighted by atomic mass is 10.3. The second-order valence-corrected chi connectivity index (χ2v) is 3.35. The van der Waals surface area contributed by atoms with E-state index in [1.807, 2.05) is 25.1 Å². The van der Waals surface area contributed by atoms with Gasteiger partial charge in [0.2, 0.25) is 0 Å². The highest BCUT2D eigenvalue weighted by Crippen LogP contribution is 2.30. The molecule has 1 saturated carbocycles. The first kappa shape index (κ1) is 8.42. The molecule has 0 aromatic heterocycles. The molecule has 13 heavy (non-hydrogen) atoms. The van der Waals surface area contributed by atoms with Crippen LogP contribution in [0.2, 0.25) is 0 Å². The Morgan fingerprint density at radius 2 is 2.15 bits per heavy atom. The number of hydrogen-bond donors (Lipinski definition) is 1. The fraction of sp³-hybridized carbons (Fsp3) is 0.455. The van der Waals surface area contributed by atoms with Crippen molar-refractivity contribution in [2.45, 2.75) is 25.8 Å². The fourth-order valence-corrected chi connectivity index (χ4v) is 1.31. The molecule has 1 aliphatic rings. The Hall–Kier alpha value is -1.18. The maximum Gasteiger partial charge on any atom is 0.142 e. The Morgan fingerprint density at radius 1 is 1.38 bits per heavy atom. The molecule has 0 heterocycles. The van der Waals surface area contributed by atoms with Crippen molar-refractivity contribution in [3.8, 4) is 5.75 Å². The Morgan fingerprint density at radius 3 is 2.85 bits per heavy atom. The Bertz CT molecular complexity index is 281. The zero-order chi connectivity index (χ0) is 9.10. The summed E-state index contributed by atoms with van der Waals surface area (Å²) >= 11 is 0. The molecule has 2 heteroatoms. The van der Waals surface area contributed by atoms with Gasteiger partial charge in [0.15, 0.2) is 0 Å². The van der Waals surface area contributed by atoms with Crippen LogP contribution in [0.1, 0.15) is 19.8 Å². The van der Waals surface area contributed by atoms with Crippen molar-refractivity contribution in [2.75, 3.05) is 11.9 Å². The highest BCUT2D eigenvalue weighted by atomic mass is 16.5. The van der Waals surface area contributed by atoms with Crippen molar-refractivity contribution < 1.29 is 4.74 Å². The van der Waals surface area contributed by atoms with E-state index in [2.05, 4.69) is 11.4 Å². The Labute approximate surface area is 78.9 Å². The first-order chi connectivity index (χ1) is 6.40. The summed E-state index contributed by atoms with van der Waals surface area (Å²) in [5.41, 5.74) is 1.13. The van der Waals surface area contributed by atoms with E-state index in [9.17, 15) is 0 Å². The minimum atomic E-state index is 0.682. The number of ether oxygens (including phenoxy) is 1. The molecule has 1 N–H and O–H groups in total. The fourth-order valence-electron chi connectivity index (χ4n) is 1.31. The summed E-state index contributed by atoms with van der Waals surface area (Å²) in [6.45, 7) is 2.73. The summed E-state index contributed by atoms with van der Waals surface area (Å²) in [7, 11) is 0. The average Bonchev–Trinajstić information content (AvgIpc) is 2.93. The lowest BCUT2D eigenvalue weighted by Gasteiger charge is -2.10. The van der Waals surface area contributed by atoms with Crippen LogP contribution in [0.15, 0.2) is 24.3 Å². The molecule has 0 saturated heterocycles. The predicted octanol–water partition coefficient (Wildman–Crippen LogP) is 2.66. The minimum absolute atomic E-state index is 0.682. The highest BCUT2D eigenvalue weighted by molar-refractivity contribution is 5.57. The van der Waals surface area contributed by atoms with E-state index >= 15 is 0 Å². The third-order valence-corrected chi connectivity index (χ3v) is 2.12. The van der Waals surface area contributed by atoms with Crippen LogP contribution in [-0.4, -0.2) is 12.6 Å². The molecule has 1 fully saturated rings. The normalized spacial score (nSPS) is 15.5. The zero-order valence-corrected chi connectivity index (χ0v) is 7.92. The Balaban J connectivity index is 2.10. The standard InChI is InChI=1S/C11H15NO/c1-2-13-11-6-4-3-5-10(11)12-9-7-8-9/h3-6,9,12H,2,7-8H2,1H3. The molecule has 0 spiro atoms. The molecule has 1 aliphatic carbocycles. The van der Waals surface area contributed by atoms with Gasteiger partial charge in [0.1, 0.15) is 5.75 Å². The van der Waals surface area contributed by atoms with Gasteiger partial charge in [-0.25, -0.2) is 0 Å². The molecule has 0 radical (unpaired) electrons. The summed E-state index contributed by atoms with van der Waals surface area (Å²) in [6, 6.07) is 8.80. The monoisotopic (exact) mass is 177 g/mol. The van der Waals surface area contributed by atoms with E-state index in [1.54, 1.807) is 0 Å². The van der Waals surface area contributed by atoms with Gasteiger partial charge in [0.25, 0.3) is 0 Å². The first-order valence-electron chi connectivity index (χ1n) is 4.88. The number of benzene rings is 1. The van der Waals surface area contributed by atoms with Gasteiger partial charge in [-0.2, -0.15) is 0 Å². The molecule has 0 bridgehead atoms. The number of nitrogens with one attached hydrogen (secondary N) is 1. The number of para-hydroxylation sites is 2. The molecular formula is C11H15NO. The second-order valence-electron chi connectivity index (χ2n) is 3.35. The summed E-state index contributed by atoms with van der Waals surface area (Å²) in [4.78, 5) is 0. The largest absolute Gasteiger partial charge is 0.492 e. The predicted molar refractivity (Wildman–Crippen MR) is 54.3 cm³/mol. The van der Waals surface area contributed by atoms with Crippen molar-refractivity contribution in [3.05, 3.63) is 24.3 Å². The zero-order valence-electron chi connectivity index (χ0n) is 7.92.